The van der Waals surface area contributed by atoms with Crippen molar-refractivity contribution in [1.29, 1.82) is 0 Å². The van der Waals surface area contributed by atoms with E-state index in [0.717, 1.165) is 55.5 Å². The lowest BCUT2D eigenvalue weighted by molar-refractivity contribution is 1.01. The predicted molar refractivity (Wildman–Crippen MR) is 122 cm³/mol. The van der Waals surface area contributed by atoms with E-state index in [-0.39, 0.29) is 0 Å². The molecule has 0 saturated heterocycles. The highest BCUT2D eigenvalue weighted by molar-refractivity contribution is 6.20. The van der Waals surface area contributed by atoms with Crippen molar-refractivity contribution in [1.82, 2.24) is 39.3 Å². The SMILES string of the molecule is c1ccc2c(c1)c1nnc3c4ccccc4n(-c4ccncn4)c3c1n2-c1ccncn1. The van der Waals surface area contributed by atoms with Gasteiger partial charge in [0.15, 0.2) is 0 Å². The summed E-state index contributed by atoms with van der Waals surface area (Å²) >= 11 is 0. The van der Waals surface area contributed by atoms with Gasteiger partial charge in [0.05, 0.1) is 11.0 Å². The Balaban J connectivity index is 1.81. The zero-order chi connectivity index (χ0) is 21.1. The van der Waals surface area contributed by atoms with Gasteiger partial charge in [-0.25, -0.2) is 19.9 Å². The number of hydrogen-bond acceptors (Lipinski definition) is 6. The molecule has 0 fully saturated rings. The molecule has 0 N–H and O–H groups in total. The summed E-state index contributed by atoms with van der Waals surface area (Å²) in [6.07, 6.45) is 6.60. The Hall–Kier alpha value is -4.72. The molecule has 5 aromatic heterocycles. The molecule has 5 heterocycles. The van der Waals surface area contributed by atoms with Crippen molar-refractivity contribution < 1.29 is 0 Å². The van der Waals surface area contributed by atoms with Crippen LogP contribution in [0.25, 0.3) is 55.5 Å². The highest BCUT2D eigenvalue weighted by atomic mass is 15.2. The van der Waals surface area contributed by atoms with Crippen LogP contribution in [0.4, 0.5) is 0 Å². The molecule has 0 saturated carbocycles. The standard InChI is InChI=1S/C24H14N8/c1-3-7-17-15(5-1)21-23(31(17)19-9-11-25-13-27-19)24-22(30-29-21)16-6-2-4-8-18(16)32(24)20-10-12-26-14-28-20/h1-14H. The van der Waals surface area contributed by atoms with Crippen molar-refractivity contribution in [2.45, 2.75) is 0 Å². The van der Waals surface area contributed by atoms with Gasteiger partial charge in [0.25, 0.3) is 0 Å². The van der Waals surface area contributed by atoms with E-state index < -0.39 is 0 Å². The van der Waals surface area contributed by atoms with Crippen LogP contribution in [0.2, 0.25) is 0 Å². The largest absolute Gasteiger partial charge is 0.290 e. The molecule has 8 heteroatoms. The Bertz CT molecular complexity index is 1640. The topological polar surface area (TPSA) is 87.2 Å². The van der Waals surface area contributed by atoms with Gasteiger partial charge >= 0.3 is 0 Å². The van der Waals surface area contributed by atoms with Crippen LogP contribution in [-0.4, -0.2) is 39.3 Å². The summed E-state index contributed by atoms with van der Waals surface area (Å²) < 4.78 is 4.25. The molecule has 150 valence electrons. The Labute approximate surface area is 180 Å². The monoisotopic (exact) mass is 414 g/mol. The van der Waals surface area contributed by atoms with E-state index in [1.165, 1.54) is 0 Å². The number of aromatic nitrogens is 8. The van der Waals surface area contributed by atoms with Crippen molar-refractivity contribution in [3.63, 3.8) is 0 Å². The lowest BCUT2D eigenvalue weighted by atomic mass is 10.2. The molecule has 8 nitrogen and oxygen atoms in total. The highest BCUT2D eigenvalue weighted by Crippen LogP contribution is 2.38. The summed E-state index contributed by atoms with van der Waals surface area (Å²) in [5, 5.41) is 11.4. The molecule has 32 heavy (non-hydrogen) atoms. The average Bonchev–Trinajstić information content (AvgIpc) is 3.38. The maximum Gasteiger partial charge on any atom is 0.141 e. The van der Waals surface area contributed by atoms with Gasteiger partial charge in [-0.1, -0.05) is 36.4 Å². The fourth-order valence-corrected chi connectivity index (χ4v) is 4.49. The van der Waals surface area contributed by atoms with Gasteiger partial charge in [0.1, 0.15) is 46.4 Å². The van der Waals surface area contributed by atoms with Crippen LogP contribution in [-0.2, 0) is 0 Å². The summed E-state index contributed by atoms with van der Waals surface area (Å²) in [7, 11) is 0. The molecule has 0 spiro atoms. The molecule has 0 unspecified atom stereocenters. The maximum atomic E-state index is 4.68. The molecule has 0 atom stereocenters. The number of hydrogen-bond donors (Lipinski definition) is 0. The quantitative estimate of drug-likeness (QED) is 0.420. The highest BCUT2D eigenvalue weighted by Gasteiger charge is 2.23. The number of benzene rings is 2. The van der Waals surface area contributed by atoms with Crippen LogP contribution in [0.5, 0.6) is 0 Å². The molecule has 7 rings (SSSR count). The summed E-state index contributed by atoms with van der Waals surface area (Å²) in [6.45, 7) is 0. The Kier molecular flexibility index (Phi) is 3.40. The fraction of sp³-hybridized carbons (Fsp3) is 0. The molecule has 2 aromatic carbocycles. The van der Waals surface area contributed by atoms with E-state index in [2.05, 4.69) is 63.5 Å². The molecule has 0 radical (unpaired) electrons. The van der Waals surface area contributed by atoms with E-state index in [1.807, 2.05) is 36.4 Å². The molecule has 0 aliphatic carbocycles. The minimum absolute atomic E-state index is 0.764. The fourth-order valence-electron chi connectivity index (χ4n) is 4.49. The summed E-state index contributed by atoms with van der Waals surface area (Å²) in [6, 6.07) is 20.1. The summed E-state index contributed by atoms with van der Waals surface area (Å²) in [4.78, 5) is 17.3. The second-order valence-electron chi connectivity index (χ2n) is 7.43. The Morgan fingerprint density at radius 1 is 0.531 bits per heavy atom. The molecule has 0 aliphatic heterocycles. The van der Waals surface area contributed by atoms with E-state index in [9.17, 15) is 0 Å². The van der Waals surface area contributed by atoms with Gasteiger partial charge in [-0.3, -0.25) is 9.13 Å². The van der Waals surface area contributed by atoms with Crippen molar-refractivity contribution in [2.75, 3.05) is 0 Å². The molecule has 0 bridgehead atoms. The Morgan fingerprint density at radius 3 is 1.44 bits per heavy atom. The van der Waals surface area contributed by atoms with E-state index in [1.54, 1.807) is 25.0 Å². The van der Waals surface area contributed by atoms with Crippen molar-refractivity contribution in [3.05, 3.63) is 85.7 Å². The first-order chi connectivity index (χ1) is 15.9. The zero-order valence-corrected chi connectivity index (χ0v) is 16.7. The van der Waals surface area contributed by atoms with Crippen LogP contribution in [0.3, 0.4) is 0 Å². The minimum Gasteiger partial charge on any atom is -0.290 e. The third-order valence-electron chi connectivity index (χ3n) is 5.76. The van der Waals surface area contributed by atoms with Crippen molar-refractivity contribution in [2.24, 2.45) is 0 Å². The lowest BCUT2D eigenvalue weighted by Crippen LogP contribution is -2.02. The zero-order valence-electron chi connectivity index (χ0n) is 16.7. The van der Waals surface area contributed by atoms with Gasteiger partial charge in [0, 0.05) is 23.2 Å². The third kappa shape index (κ3) is 2.20. The van der Waals surface area contributed by atoms with Crippen LogP contribution in [0.15, 0.2) is 85.7 Å². The van der Waals surface area contributed by atoms with Gasteiger partial charge in [-0.2, -0.15) is 0 Å². The van der Waals surface area contributed by atoms with Crippen LogP contribution < -0.4 is 0 Å². The average molecular weight is 414 g/mol. The number of fused-ring (bicyclic) bond motifs is 7. The molecule has 0 aliphatic rings. The number of nitrogens with zero attached hydrogens (tertiary/aromatic N) is 8. The molecule has 0 amide bonds. The van der Waals surface area contributed by atoms with E-state index in [0.29, 0.717) is 0 Å². The van der Waals surface area contributed by atoms with Gasteiger partial charge in [-0.05, 0) is 24.3 Å². The van der Waals surface area contributed by atoms with Gasteiger partial charge < -0.3 is 0 Å². The Morgan fingerprint density at radius 2 is 1.00 bits per heavy atom. The van der Waals surface area contributed by atoms with Gasteiger partial charge in [0.2, 0.25) is 0 Å². The normalized spacial score (nSPS) is 11.8. The van der Waals surface area contributed by atoms with Crippen molar-refractivity contribution in [3.8, 4) is 11.6 Å². The van der Waals surface area contributed by atoms with E-state index >= 15 is 0 Å². The lowest BCUT2D eigenvalue weighted by Gasteiger charge is -2.09. The number of para-hydroxylation sites is 2. The van der Waals surface area contributed by atoms with Crippen molar-refractivity contribution >= 4 is 43.9 Å². The first-order valence-corrected chi connectivity index (χ1v) is 10.1. The predicted octanol–water partition coefficient (Wildman–Crippen LogP) is 4.25. The smallest absolute Gasteiger partial charge is 0.141 e. The minimum atomic E-state index is 0.764. The molecular weight excluding hydrogens is 400 g/mol. The molecule has 7 aromatic rings. The first-order valence-electron chi connectivity index (χ1n) is 10.1. The molecular formula is C24H14N8. The third-order valence-corrected chi connectivity index (χ3v) is 5.76. The second-order valence-corrected chi connectivity index (χ2v) is 7.43. The van der Waals surface area contributed by atoms with Crippen LogP contribution in [0, 0.1) is 0 Å². The maximum absolute atomic E-state index is 4.68. The van der Waals surface area contributed by atoms with Crippen LogP contribution in [0.1, 0.15) is 0 Å². The van der Waals surface area contributed by atoms with E-state index in [4.69, 9.17) is 0 Å². The van der Waals surface area contributed by atoms with Crippen LogP contribution >= 0.6 is 0 Å². The summed E-state index contributed by atoms with van der Waals surface area (Å²) in [5.41, 5.74) is 5.47. The van der Waals surface area contributed by atoms with Gasteiger partial charge in [-0.15, -0.1) is 10.2 Å². The first kappa shape index (κ1) is 17.0. The number of rotatable bonds is 2. The summed E-state index contributed by atoms with van der Waals surface area (Å²) in [5.74, 6) is 1.53. The second kappa shape index (κ2) is 6.39.